The largest absolute Gasteiger partial charge is 0.382 e. The number of carbonyl (C=O) groups is 1. The summed E-state index contributed by atoms with van der Waals surface area (Å²) in [5.74, 6) is 0.0970. The van der Waals surface area contributed by atoms with Crippen molar-refractivity contribution in [2.75, 3.05) is 30.0 Å². The number of aromatic nitrogens is 4. The normalized spacial score (nSPS) is 10.7. The Hall–Kier alpha value is -4.20. The van der Waals surface area contributed by atoms with Gasteiger partial charge in [0.2, 0.25) is 0 Å². The standard InChI is InChI=1S/C23H23N7O/c1-15-6-4-5-7-19(15)26-22(31)18-14-30(28-21(18)24)23-25-13-12-20(27-23)16-8-10-17(11-9-16)29(2)3/h4-14H,1-3H3,(H2,24,28)(H,26,31). The molecule has 0 atom stereocenters. The molecule has 2 aromatic heterocycles. The molecule has 0 aliphatic carbocycles. The van der Waals surface area contributed by atoms with E-state index in [1.807, 2.05) is 80.5 Å². The Bertz CT molecular complexity index is 1230. The molecule has 31 heavy (non-hydrogen) atoms. The molecular weight excluding hydrogens is 390 g/mol. The van der Waals surface area contributed by atoms with Gasteiger partial charge in [-0.05, 0) is 36.8 Å². The summed E-state index contributed by atoms with van der Waals surface area (Å²) in [5, 5.41) is 7.11. The van der Waals surface area contributed by atoms with Gasteiger partial charge < -0.3 is 16.0 Å². The van der Waals surface area contributed by atoms with E-state index in [2.05, 4.69) is 20.4 Å². The van der Waals surface area contributed by atoms with Crippen LogP contribution in [0.2, 0.25) is 0 Å². The Morgan fingerprint density at radius 3 is 2.52 bits per heavy atom. The number of nitrogen functional groups attached to an aromatic ring is 1. The first-order valence-corrected chi connectivity index (χ1v) is 9.75. The van der Waals surface area contributed by atoms with E-state index in [0.717, 1.165) is 28.2 Å². The number of nitrogens with zero attached hydrogens (tertiary/aromatic N) is 5. The molecular formula is C23H23N7O. The highest BCUT2D eigenvalue weighted by molar-refractivity contribution is 6.07. The van der Waals surface area contributed by atoms with E-state index in [0.29, 0.717) is 5.95 Å². The molecule has 0 aliphatic heterocycles. The van der Waals surface area contributed by atoms with Crippen LogP contribution in [0.15, 0.2) is 67.0 Å². The molecule has 0 saturated carbocycles. The Kier molecular flexibility index (Phi) is 5.36. The predicted octanol–water partition coefficient (Wildman–Crippen LogP) is 3.54. The van der Waals surface area contributed by atoms with Crippen molar-refractivity contribution in [3.05, 3.63) is 78.1 Å². The minimum absolute atomic E-state index is 0.107. The van der Waals surface area contributed by atoms with Gasteiger partial charge in [-0.3, -0.25) is 4.79 Å². The van der Waals surface area contributed by atoms with E-state index in [-0.39, 0.29) is 17.3 Å². The van der Waals surface area contributed by atoms with E-state index in [1.165, 1.54) is 10.9 Å². The summed E-state index contributed by atoms with van der Waals surface area (Å²) in [6, 6.07) is 17.4. The molecule has 8 nitrogen and oxygen atoms in total. The number of anilines is 3. The lowest BCUT2D eigenvalue weighted by atomic mass is 10.1. The van der Waals surface area contributed by atoms with Crippen LogP contribution in [0.25, 0.3) is 17.2 Å². The number of para-hydroxylation sites is 1. The third-order valence-electron chi connectivity index (χ3n) is 4.91. The third kappa shape index (κ3) is 4.23. The zero-order chi connectivity index (χ0) is 22.0. The van der Waals surface area contributed by atoms with Crippen molar-refractivity contribution in [3.8, 4) is 17.2 Å². The minimum atomic E-state index is -0.339. The van der Waals surface area contributed by atoms with Crippen LogP contribution in [-0.4, -0.2) is 39.8 Å². The monoisotopic (exact) mass is 413 g/mol. The van der Waals surface area contributed by atoms with Crippen molar-refractivity contribution in [1.29, 1.82) is 0 Å². The topological polar surface area (TPSA) is 102 Å². The molecule has 0 unspecified atom stereocenters. The average molecular weight is 413 g/mol. The van der Waals surface area contributed by atoms with Crippen LogP contribution in [0.1, 0.15) is 15.9 Å². The average Bonchev–Trinajstić information content (AvgIpc) is 3.17. The highest BCUT2D eigenvalue weighted by Gasteiger charge is 2.17. The predicted molar refractivity (Wildman–Crippen MR) is 122 cm³/mol. The third-order valence-corrected chi connectivity index (χ3v) is 4.91. The molecule has 0 spiro atoms. The molecule has 8 heteroatoms. The molecule has 0 fully saturated rings. The zero-order valence-electron chi connectivity index (χ0n) is 17.6. The number of hydrogen-bond acceptors (Lipinski definition) is 6. The number of nitrogens with two attached hydrogens (primary N) is 1. The summed E-state index contributed by atoms with van der Waals surface area (Å²) in [6.45, 7) is 1.92. The number of rotatable bonds is 5. The second-order valence-electron chi connectivity index (χ2n) is 7.32. The number of nitrogens with one attached hydrogen (secondary N) is 1. The molecule has 4 rings (SSSR count). The van der Waals surface area contributed by atoms with Crippen LogP contribution in [0, 0.1) is 6.92 Å². The summed E-state index contributed by atoms with van der Waals surface area (Å²) in [7, 11) is 3.99. The van der Waals surface area contributed by atoms with E-state index in [9.17, 15) is 4.79 Å². The SMILES string of the molecule is Cc1ccccc1NC(=O)c1cn(-c2nccc(-c3ccc(N(C)C)cc3)n2)nc1N. The lowest BCUT2D eigenvalue weighted by Crippen LogP contribution is -2.13. The fourth-order valence-corrected chi connectivity index (χ4v) is 3.12. The molecule has 0 radical (unpaired) electrons. The Labute approximate surface area is 180 Å². The molecule has 2 aromatic carbocycles. The molecule has 1 amide bonds. The number of hydrogen-bond donors (Lipinski definition) is 2. The van der Waals surface area contributed by atoms with E-state index in [4.69, 9.17) is 5.73 Å². The fourth-order valence-electron chi connectivity index (χ4n) is 3.12. The molecule has 2 heterocycles. The first-order chi connectivity index (χ1) is 14.9. The Morgan fingerprint density at radius 2 is 1.81 bits per heavy atom. The highest BCUT2D eigenvalue weighted by atomic mass is 16.1. The number of carbonyl (C=O) groups excluding carboxylic acids is 1. The highest BCUT2D eigenvalue weighted by Crippen LogP contribution is 2.22. The summed E-state index contributed by atoms with van der Waals surface area (Å²) in [4.78, 5) is 23.6. The van der Waals surface area contributed by atoms with E-state index in [1.54, 1.807) is 6.20 Å². The van der Waals surface area contributed by atoms with Crippen molar-refractivity contribution in [2.24, 2.45) is 0 Å². The van der Waals surface area contributed by atoms with Gasteiger partial charge in [0.15, 0.2) is 5.82 Å². The van der Waals surface area contributed by atoms with Gasteiger partial charge >= 0.3 is 0 Å². The van der Waals surface area contributed by atoms with Crippen LogP contribution in [0.4, 0.5) is 17.2 Å². The summed E-state index contributed by atoms with van der Waals surface area (Å²) in [6.07, 6.45) is 3.19. The molecule has 4 aromatic rings. The van der Waals surface area contributed by atoms with Gasteiger partial charge in [-0.25, -0.2) is 14.6 Å². The maximum atomic E-state index is 12.7. The van der Waals surface area contributed by atoms with Gasteiger partial charge in [0.25, 0.3) is 11.9 Å². The van der Waals surface area contributed by atoms with E-state index >= 15 is 0 Å². The number of aryl methyl sites for hydroxylation is 1. The van der Waals surface area contributed by atoms with Crippen LogP contribution in [0.5, 0.6) is 0 Å². The van der Waals surface area contributed by atoms with Gasteiger partial charge in [-0.1, -0.05) is 30.3 Å². The van der Waals surface area contributed by atoms with Crippen LogP contribution >= 0.6 is 0 Å². The van der Waals surface area contributed by atoms with Crippen molar-refractivity contribution < 1.29 is 4.79 Å². The second kappa shape index (κ2) is 8.27. The second-order valence-corrected chi connectivity index (χ2v) is 7.32. The van der Waals surface area contributed by atoms with Crippen molar-refractivity contribution in [2.45, 2.75) is 6.92 Å². The van der Waals surface area contributed by atoms with Crippen molar-refractivity contribution in [1.82, 2.24) is 19.7 Å². The van der Waals surface area contributed by atoms with Gasteiger partial charge in [0.05, 0.1) is 5.69 Å². The maximum Gasteiger partial charge on any atom is 0.261 e. The zero-order valence-corrected chi connectivity index (χ0v) is 17.6. The molecule has 0 bridgehead atoms. The van der Waals surface area contributed by atoms with Gasteiger partial charge in [0, 0.05) is 43.4 Å². The maximum absolute atomic E-state index is 12.7. The first-order valence-electron chi connectivity index (χ1n) is 9.75. The number of amides is 1. The van der Waals surface area contributed by atoms with Crippen molar-refractivity contribution >= 4 is 23.1 Å². The van der Waals surface area contributed by atoms with Gasteiger partial charge in [-0.15, -0.1) is 5.10 Å². The van der Waals surface area contributed by atoms with Gasteiger partial charge in [0.1, 0.15) is 5.56 Å². The minimum Gasteiger partial charge on any atom is -0.382 e. The molecule has 0 aliphatic rings. The van der Waals surface area contributed by atoms with Crippen LogP contribution in [0.3, 0.4) is 0 Å². The molecule has 156 valence electrons. The summed E-state index contributed by atoms with van der Waals surface area (Å²) in [5.41, 5.74) is 10.7. The van der Waals surface area contributed by atoms with Gasteiger partial charge in [-0.2, -0.15) is 0 Å². The lowest BCUT2D eigenvalue weighted by Gasteiger charge is -2.12. The lowest BCUT2D eigenvalue weighted by molar-refractivity contribution is 0.102. The van der Waals surface area contributed by atoms with Crippen LogP contribution < -0.4 is 16.0 Å². The van der Waals surface area contributed by atoms with Crippen LogP contribution in [-0.2, 0) is 0 Å². The fraction of sp³-hybridized carbons (Fsp3) is 0.130. The van der Waals surface area contributed by atoms with Crippen molar-refractivity contribution in [3.63, 3.8) is 0 Å². The summed E-state index contributed by atoms with van der Waals surface area (Å²) < 4.78 is 1.42. The number of benzene rings is 2. The quantitative estimate of drug-likeness (QED) is 0.519. The Morgan fingerprint density at radius 1 is 1.06 bits per heavy atom. The smallest absolute Gasteiger partial charge is 0.261 e. The molecule has 3 N–H and O–H groups in total. The summed E-state index contributed by atoms with van der Waals surface area (Å²) >= 11 is 0. The van der Waals surface area contributed by atoms with E-state index < -0.39 is 0 Å². The first kappa shape index (κ1) is 20.1. The Balaban J connectivity index is 1.60. The molecule has 0 saturated heterocycles.